The third-order valence-corrected chi connectivity index (χ3v) is 7.12. The summed E-state index contributed by atoms with van der Waals surface area (Å²) in [5, 5.41) is 2.84. The molecule has 0 aliphatic carbocycles. The minimum atomic E-state index is -3.51. The average molecular weight is 416 g/mol. The minimum Gasteiger partial charge on any atom is -0.454 e. The summed E-state index contributed by atoms with van der Waals surface area (Å²) >= 11 is 0. The Labute approximate surface area is 170 Å². The summed E-state index contributed by atoms with van der Waals surface area (Å²) in [6, 6.07) is 11.6. The number of fused-ring (bicyclic) bond motifs is 1. The van der Waals surface area contributed by atoms with Crippen LogP contribution in [-0.4, -0.2) is 38.5 Å². The maximum absolute atomic E-state index is 12.8. The van der Waals surface area contributed by atoms with Crippen LogP contribution in [0.15, 0.2) is 47.4 Å². The van der Waals surface area contributed by atoms with Crippen LogP contribution in [0.4, 0.5) is 0 Å². The lowest BCUT2D eigenvalue weighted by Gasteiger charge is -2.20. The smallest absolute Gasteiger partial charge is 0.251 e. The first-order valence-electron chi connectivity index (χ1n) is 9.81. The zero-order valence-corrected chi connectivity index (χ0v) is 16.9. The van der Waals surface area contributed by atoms with E-state index in [2.05, 4.69) is 5.32 Å². The molecule has 0 aromatic heterocycles. The highest BCUT2D eigenvalue weighted by molar-refractivity contribution is 7.89. The van der Waals surface area contributed by atoms with Gasteiger partial charge in [0.05, 0.1) is 4.90 Å². The fourth-order valence-corrected chi connectivity index (χ4v) is 5.06. The van der Waals surface area contributed by atoms with Gasteiger partial charge < -0.3 is 14.8 Å². The van der Waals surface area contributed by atoms with Crippen LogP contribution in [-0.2, 0) is 16.6 Å². The molecule has 154 valence electrons. The van der Waals surface area contributed by atoms with Crippen molar-refractivity contribution in [2.24, 2.45) is 0 Å². The molecule has 4 rings (SSSR count). The highest BCUT2D eigenvalue weighted by Crippen LogP contribution is 2.32. The lowest BCUT2D eigenvalue weighted by Crippen LogP contribution is -2.32. The van der Waals surface area contributed by atoms with E-state index in [0.29, 0.717) is 36.7 Å². The molecule has 0 saturated carbocycles. The second kappa shape index (κ2) is 8.42. The molecule has 8 heteroatoms. The van der Waals surface area contributed by atoms with Gasteiger partial charge in [-0.25, -0.2) is 8.42 Å². The molecule has 2 aliphatic heterocycles. The van der Waals surface area contributed by atoms with Crippen molar-refractivity contribution in [3.63, 3.8) is 0 Å². The average Bonchev–Trinajstić information content (AvgIpc) is 3.02. The van der Waals surface area contributed by atoms with E-state index < -0.39 is 10.0 Å². The Balaban J connectivity index is 1.40. The molecule has 0 spiro atoms. The maximum atomic E-state index is 12.8. The van der Waals surface area contributed by atoms with Crippen molar-refractivity contribution in [1.29, 1.82) is 0 Å². The summed E-state index contributed by atoms with van der Waals surface area (Å²) in [6.07, 6.45) is 3.90. The number of ether oxygens (including phenoxy) is 2. The molecule has 0 bridgehead atoms. The van der Waals surface area contributed by atoms with Crippen LogP contribution in [0.5, 0.6) is 11.5 Å². The molecule has 0 unspecified atom stereocenters. The predicted molar refractivity (Wildman–Crippen MR) is 107 cm³/mol. The number of rotatable bonds is 5. The third kappa shape index (κ3) is 4.38. The van der Waals surface area contributed by atoms with Crippen LogP contribution in [0.3, 0.4) is 0 Å². The van der Waals surface area contributed by atoms with Crippen LogP contribution in [0.1, 0.15) is 41.6 Å². The number of amides is 1. The van der Waals surface area contributed by atoms with Crippen molar-refractivity contribution in [2.45, 2.75) is 37.1 Å². The van der Waals surface area contributed by atoms with Crippen molar-refractivity contribution in [2.75, 3.05) is 19.9 Å². The SMILES string of the molecule is O=C(NCc1ccc2c(c1)OCO2)c1ccc(S(=O)(=O)N2CCCCCC2)cc1. The fraction of sp³-hybridized carbons (Fsp3) is 0.381. The van der Waals surface area contributed by atoms with Gasteiger partial charge in [0.1, 0.15) is 0 Å². The van der Waals surface area contributed by atoms with Crippen molar-refractivity contribution in [3.8, 4) is 11.5 Å². The Morgan fingerprint density at radius 2 is 1.62 bits per heavy atom. The van der Waals surface area contributed by atoms with E-state index in [-0.39, 0.29) is 17.6 Å². The molecule has 2 aromatic rings. The predicted octanol–water partition coefficient (Wildman–Crippen LogP) is 2.91. The number of hydrogen-bond acceptors (Lipinski definition) is 5. The number of carbonyl (C=O) groups excluding carboxylic acids is 1. The first-order chi connectivity index (χ1) is 14.0. The van der Waals surface area contributed by atoms with Gasteiger partial charge in [-0.15, -0.1) is 0 Å². The molecule has 29 heavy (non-hydrogen) atoms. The molecular formula is C21H24N2O5S. The monoisotopic (exact) mass is 416 g/mol. The summed E-state index contributed by atoms with van der Waals surface area (Å²) in [7, 11) is -3.51. The Morgan fingerprint density at radius 3 is 2.34 bits per heavy atom. The quantitative estimate of drug-likeness (QED) is 0.810. The molecule has 2 heterocycles. The number of benzene rings is 2. The third-order valence-electron chi connectivity index (χ3n) is 5.21. The van der Waals surface area contributed by atoms with Crippen LogP contribution >= 0.6 is 0 Å². The molecule has 1 amide bonds. The lowest BCUT2D eigenvalue weighted by molar-refractivity contribution is 0.0950. The molecule has 2 aliphatic rings. The minimum absolute atomic E-state index is 0.206. The first kappa shape index (κ1) is 19.7. The maximum Gasteiger partial charge on any atom is 0.251 e. The molecule has 2 aromatic carbocycles. The lowest BCUT2D eigenvalue weighted by atomic mass is 10.2. The van der Waals surface area contributed by atoms with Gasteiger partial charge in [0, 0.05) is 25.2 Å². The van der Waals surface area contributed by atoms with E-state index in [1.165, 1.54) is 12.1 Å². The molecule has 0 radical (unpaired) electrons. The van der Waals surface area contributed by atoms with E-state index in [1.807, 2.05) is 18.2 Å². The van der Waals surface area contributed by atoms with Crippen molar-refractivity contribution < 1.29 is 22.7 Å². The molecule has 7 nitrogen and oxygen atoms in total. The van der Waals surface area contributed by atoms with Gasteiger partial charge in [0.25, 0.3) is 5.91 Å². The van der Waals surface area contributed by atoms with Crippen LogP contribution < -0.4 is 14.8 Å². The van der Waals surface area contributed by atoms with E-state index in [4.69, 9.17) is 9.47 Å². The standard InChI is InChI=1S/C21H24N2O5S/c24-21(22-14-16-5-10-19-20(13-16)28-15-27-19)17-6-8-18(9-7-17)29(25,26)23-11-3-1-2-4-12-23/h5-10,13H,1-4,11-12,14-15H2,(H,22,24). The van der Waals surface area contributed by atoms with E-state index in [1.54, 1.807) is 16.4 Å². The van der Waals surface area contributed by atoms with E-state index in [9.17, 15) is 13.2 Å². The molecule has 1 saturated heterocycles. The van der Waals surface area contributed by atoms with Gasteiger partial charge in [0.2, 0.25) is 16.8 Å². The molecule has 1 fully saturated rings. The van der Waals surface area contributed by atoms with Gasteiger partial charge in [-0.2, -0.15) is 4.31 Å². The Kier molecular flexibility index (Phi) is 5.73. The number of hydrogen-bond donors (Lipinski definition) is 1. The van der Waals surface area contributed by atoms with Gasteiger partial charge >= 0.3 is 0 Å². The Morgan fingerprint density at radius 1 is 0.931 bits per heavy atom. The number of carbonyl (C=O) groups is 1. The normalized spacial score (nSPS) is 17.0. The van der Waals surface area contributed by atoms with Crippen LogP contribution in [0.2, 0.25) is 0 Å². The van der Waals surface area contributed by atoms with E-state index in [0.717, 1.165) is 31.2 Å². The summed E-state index contributed by atoms with van der Waals surface area (Å²) < 4.78 is 37.8. The van der Waals surface area contributed by atoms with Crippen molar-refractivity contribution >= 4 is 15.9 Å². The first-order valence-corrected chi connectivity index (χ1v) is 11.2. The second-order valence-electron chi connectivity index (χ2n) is 7.21. The number of nitrogens with one attached hydrogen (secondary N) is 1. The number of sulfonamides is 1. The summed E-state index contributed by atoms with van der Waals surface area (Å²) in [4.78, 5) is 12.7. The topological polar surface area (TPSA) is 84.9 Å². The zero-order chi connectivity index (χ0) is 20.3. The highest BCUT2D eigenvalue weighted by atomic mass is 32.2. The Bertz CT molecular complexity index is 981. The van der Waals surface area contributed by atoms with Gasteiger partial charge in [0.15, 0.2) is 11.5 Å². The van der Waals surface area contributed by atoms with Crippen LogP contribution in [0.25, 0.3) is 0 Å². The molecule has 1 N–H and O–H groups in total. The van der Waals surface area contributed by atoms with Gasteiger partial charge in [-0.3, -0.25) is 4.79 Å². The Hall–Kier alpha value is -2.58. The van der Waals surface area contributed by atoms with E-state index >= 15 is 0 Å². The van der Waals surface area contributed by atoms with Gasteiger partial charge in [-0.1, -0.05) is 18.9 Å². The summed E-state index contributed by atoms with van der Waals surface area (Å²) in [6.45, 7) is 1.65. The molecular weight excluding hydrogens is 392 g/mol. The van der Waals surface area contributed by atoms with Crippen molar-refractivity contribution in [3.05, 3.63) is 53.6 Å². The zero-order valence-electron chi connectivity index (χ0n) is 16.1. The number of nitrogens with zero attached hydrogens (tertiary/aromatic N) is 1. The summed E-state index contributed by atoms with van der Waals surface area (Å²) in [5.41, 5.74) is 1.31. The highest BCUT2D eigenvalue weighted by Gasteiger charge is 2.25. The fourth-order valence-electron chi connectivity index (χ4n) is 3.54. The summed E-state index contributed by atoms with van der Waals surface area (Å²) in [5.74, 6) is 1.10. The second-order valence-corrected chi connectivity index (χ2v) is 9.15. The van der Waals surface area contributed by atoms with Gasteiger partial charge in [-0.05, 0) is 54.8 Å². The molecule has 0 atom stereocenters. The largest absolute Gasteiger partial charge is 0.454 e. The van der Waals surface area contributed by atoms with Crippen molar-refractivity contribution in [1.82, 2.24) is 9.62 Å². The van der Waals surface area contributed by atoms with Crippen LogP contribution in [0, 0.1) is 0 Å².